The van der Waals surface area contributed by atoms with Crippen molar-refractivity contribution < 1.29 is 17.6 Å². The van der Waals surface area contributed by atoms with E-state index in [1.54, 1.807) is 36.4 Å². The molecule has 0 aliphatic rings. The number of sulfonamides is 1. The molecule has 7 heteroatoms. The van der Waals surface area contributed by atoms with Gasteiger partial charge in [0.05, 0.1) is 23.4 Å². The second-order valence-corrected chi connectivity index (χ2v) is 8.07. The van der Waals surface area contributed by atoms with Gasteiger partial charge in [-0.05, 0) is 49.4 Å². The number of furan rings is 1. The molecule has 1 amide bonds. The van der Waals surface area contributed by atoms with E-state index in [0.717, 1.165) is 5.56 Å². The van der Waals surface area contributed by atoms with Crippen molar-refractivity contribution in [1.29, 1.82) is 0 Å². The van der Waals surface area contributed by atoms with E-state index < -0.39 is 10.0 Å². The van der Waals surface area contributed by atoms with E-state index >= 15 is 0 Å². The van der Waals surface area contributed by atoms with Gasteiger partial charge in [-0.3, -0.25) is 9.10 Å². The number of rotatable bonds is 6. The molecule has 1 N–H and O–H groups in total. The van der Waals surface area contributed by atoms with Crippen LogP contribution in [0.25, 0.3) is 0 Å². The highest BCUT2D eigenvalue weighted by molar-refractivity contribution is 7.92. The van der Waals surface area contributed by atoms with Crippen LogP contribution in [0.15, 0.2) is 76.2 Å². The standard InChI is InChI=1S/C20H20N2O4S/c1-15-8-10-17(11-9-15)22(2)27(24,25)19-7-3-5-16(13-19)20(23)21-14-18-6-4-12-26-18/h3-13H,14H2,1-2H3,(H,21,23). The highest BCUT2D eigenvalue weighted by atomic mass is 32.2. The van der Waals surface area contributed by atoms with Gasteiger partial charge in [-0.2, -0.15) is 0 Å². The van der Waals surface area contributed by atoms with Gasteiger partial charge < -0.3 is 9.73 Å². The quantitative estimate of drug-likeness (QED) is 0.707. The Morgan fingerprint density at radius 1 is 1.07 bits per heavy atom. The molecule has 0 saturated carbocycles. The van der Waals surface area contributed by atoms with E-state index in [4.69, 9.17) is 4.42 Å². The number of hydrogen-bond acceptors (Lipinski definition) is 4. The smallest absolute Gasteiger partial charge is 0.264 e. The fraction of sp³-hybridized carbons (Fsp3) is 0.150. The van der Waals surface area contributed by atoms with Crippen LogP contribution in [0.3, 0.4) is 0 Å². The summed E-state index contributed by atoms with van der Waals surface area (Å²) in [4.78, 5) is 12.4. The molecule has 0 atom stereocenters. The predicted octanol–water partition coefficient (Wildman–Crippen LogP) is 3.34. The van der Waals surface area contributed by atoms with E-state index in [0.29, 0.717) is 11.4 Å². The predicted molar refractivity (Wildman–Crippen MR) is 103 cm³/mol. The van der Waals surface area contributed by atoms with Gasteiger partial charge in [0.25, 0.3) is 15.9 Å². The fourth-order valence-electron chi connectivity index (χ4n) is 2.53. The van der Waals surface area contributed by atoms with Gasteiger partial charge in [-0.25, -0.2) is 8.42 Å². The molecule has 27 heavy (non-hydrogen) atoms. The Balaban J connectivity index is 1.80. The average Bonchev–Trinajstić information content (AvgIpc) is 3.20. The summed E-state index contributed by atoms with van der Waals surface area (Å²) in [5.74, 6) is 0.243. The summed E-state index contributed by atoms with van der Waals surface area (Å²) in [7, 11) is -2.29. The first-order valence-electron chi connectivity index (χ1n) is 8.34. The monoisotopic (exact) mass is 384 g/mol. The van der Waals surface area contributed by atoms with Crippen LogP contribution in [0, 0.1) is 6.92 Å². The number of amides is 1. The number of carbonyl (C=O) groups is 1. The van der Waals surface area contributed by atoms with Crippen molar-refractivity contribution in [3.63, 3.8) is 0 Å². The van der Waals surface area contributed by atoms with Gasteiger partial charge in [0, 0.05) is 12.6 Å². The topological polar surface area (TPSA) is 79.6 Å². The summed E-state index contributed by atoms with van der Waals surface area (Å²) >= 11 is 0. The molecule has 0 bridgehead atoms. The fourth-order valence-corrected chi connectivity index (χ4v) is 3.77. The van der Waals surface area contributed by atoms with Crippen LogP contribution in [0.2, 0.25) is 0 Å². The molecular weight excluding hydrogens is 364 g/mol. The van der Waals surface area contributed by atoms with Crippen LogP contribution in [-0.4, -0.2) is 21.4 Å². The van der Waals surface area contributed by atoms with Crippen LogP contribution in [0.5, 0.6) is 0 Å². The molecule has 6 nitrogen and oxygen atoms in total. The van der Waals surface area contributed by atoms with Crippen molar-refractivity contribution in [3.8, 4) is 0 Å². The number of nitrogens with one attached hydrogen (secondary N) is 1. The lowest BCUT2D eigenvalue weighted by Gasteiger charge is -2.20. The van der Waals surface area contributed by atoms with E-state index in [-0.39, 0.29) is 22.9 Å². The van der Waals surface area contributed by atoms with Crippen LogP contribution in [-0.2, 0) is 16.6 Å². The number of anilines is 1. The summed E-state index contributed by atoms with van der Waals surface area (Å²) in [6.45, 7) is 2.16. The summed E-state index contributed by atoms with van der Waals surface area (Å²) in [6, 6.07) is 16.6. The Hall–Kier alpha value is -3.06. The Bertz CT molecular complexity index is 1030. The van der Waals surface area contributed by atoms with E-state index in [9.17, 15) is 13.2 Å². The molecule has 3 aromatic rings. The lowest BCUT2D eigenvalue weighted by atomic mass is 10.2. The number of nitrogens with zero attached hydrogens (tertiary/aromatic N) is 1. The van der Waals surface area contributed by atoms with Crippen LogP contribution >= 0.6 is 0 Å². The zero-order chi connectivity index (χ0) is 19.4. The first kappa shape index (κ1) is 18.7. The first-order valence-corrected chi connectivity index (χ1v) is 9.78. The minimum Gasteiger partial charge on any atom is -0.467 e. The lowest BCUT2D eigenvalue weighted by Crippen LogP contribution is -2.27. The molecule has 0 aliphatic heterocycles. The van der Waals surface area contributed by atoms with Gasteiger partial charge in [-0.15, -0.1) is 0 Å². The van der Waals surface area contributed by atoms with Crippen molar-refractivity contribution in [3.05, 3.63) is 83.8 Å². The summed E-state index contributed by atoms with van der Waals surface area (Å²) in [6.07, 6.45) is 1.52. The second-order valence-electron chi connectivity index (χ2n) is 6.10. The summed E-state index contributed by atoms with van der Waals surface area (Å²) in [5, 5.41) is 2.71. The van der Waals surface area contributed by atoms with Crippen molar-refractivity contribution in [2.45, 2.75) is 18.4 Å². The number of benzene rings is 2. The average molecular weight is 384 g/mol. The number of carbonyl (C=O) groups excluding carboxylic acids is 1. The summed E-state index contributed by atoms with van der Waals surface area (Å²) < 4.78 is 32.2. The first-order chi connectivity index (χ1) is 12.9. The normalized spacial score (nSPS) is 11.2. The molecule has 0 fully saturated rings. The number of aryl methyl sites for hydroxylation is 1. The Labute approximate surface area is 158 Å². The highest BCUT2D eigenvalue weighted by Crippen LogP contribution is 2.23. The molecule has 0 unspecified atom stereocenters. The van der Waals surface area contributed by atoms with Crippen LogP contribution < -0.4 is 9.62 Å². The highest BCUT2D eigenvalue weighted by Gasteiger charge is 2.22. The zero-order valence-corrected chi connectivity index (χ0v) is 15.9. The van der Waals surface area contributed by atoms with E-state index in [2.05, 4.69) is 5.32 Å². The van der Waals surface area contributed by atoms with Crippen molar-refractivity contribution in [2.24, 2.45) is 0 Å². The SMILES string of the molecule is Cc1ccc(N(C)S(=O)(=O)c2cccc(C(=O)NCc3ccco3)c2)cc1. The van der Waals surface area contributed by atoms with Crippen molar-refractivity contribution in [1.82, 2.24) is 5.32 Å². The maximum Gasteiger partial charge on any atom is 0.264 e. The van der Waals surface area contributed by atoms with Crippen LogP contribution in [0.1, 0.15) is 21.7 Å². The molecule has 0 saturated heterocycles. The van der Waals surface area contributed by atoms with Gasteiger partial charge in [0.2, 0.25) is 0 Å². The third-order valence-electron chi connectivity index (χ3n) is 4.16. The van der Waals surface area contributed by atoms with E-state index in [1.807, 2.05) is 19.1 Å². The molecular formula is C20H20N2O4S. The van der Waals surface area contributed by atoms with E-state index in [1.165, 1.54) is 29.7 Å². The van der Waals surface area contributed by atoms with Gasteiger partial charge in [-0.1, -0.05) is 23.8 Å². The molecule has 0 aliphatic carbocycles. The van der Waals surface area contributed by atoms with Gasteiger partial charge in [0.1, 0.15) is 5.76 Å². The minimum atomic E-state index is -3.78. The Morgan fingerprint density at radius 2 is 1.81 bits per heavy atom. The summed E-state index contributed by atoms with van der Waals surface area (Å²) in [5.41, 5.74) is 1.85. The Kier molecular flexibility index (Phi) is 5.32. The van der Waals surface area contributed by atoms with Gasteiger partial charge >= 0.3 is 0 Å². The third kappa shape index (κ3) is 4.20. The molecule has 1 aromatic heterocycles. The van der Waals surface area contributed by atoms with Crippen molar-refractivity contribution >= 4 is 21.6 Å². The lowest BCUT2D eigenvalue weighted by molar-refractivity contribution is 0.0948. The zero-order valence-electron chi connectivity index (χ0n) is 15.0. The maximum absolute atomic E-state index is 12.9. The minimum absolute atomic E-state index is 0.0521. The maximum atomic E-state index is 12.9. The molecule has 0 spiro atoms. The Morgan fingerprint density at radius 3 is 2.48 bits per heavy atom. The van der Waals surface area contributed by atoms with Crippen LogP contribution in [0.4, 0.5) is 5.69 Å². The molecule has 140 valence electrons. The third-order valence-corrected chi connectivity index (χ3v) is 5.94. The van der Waals surface area contributed by atoms with Crippen molar-refractivity contribution in [2.75, 3.05) is 11.4 Å². The number of hydrogen-bond donors (Lipinski definition) is 1. The molecule has 1 heterocycles. The second kappa shape index (κ2) is 7.67. The van der Waals surface area contributed by atoms with Gasteiger partial charge in [0.15, 0.2) is 0 Å². The molecule has 0 radical (unpaired) electrons. The molecule has 2 aromatic carbocycles. The molecule has 3 rings (SSSR count). The largest absolute Gasteiger partial charge is 0.467 e.